The minimum atomic E-state index is 0.0490. The first-order valence-electron chi connectivity index (χ1n) is 10.4. The Morgan fingerprint density at radius 2 is 1.68 bits per heavy atom. The van der Waals surface area contributed by atoms with Gasteiger partial charge in [-0.15, -0.1) is 0 Å². The molecule has 2 aromatic carbocycles. The lowest BCUT2D eigenvalue weighted by Gasteiger charge is -2.36. The fourth-order valence-electron chi connectivity index (χ4n) is 3.79. The molecule has 28 heavy (non-hydrogen) atoms. The molecule has 1 aliphatic heterocycles. The maximum atomic E-state index is 12.4. The van der Waals surface area contributed by atoms with Crippen LogP contribution < -0.4 is 10.2 Å². The molecule has 150 valence electrons. The lowest BCUT2D eigenvalue weighted by Crippen LogP contribution is -2.46. The summed E-state index contributed by atoms with van der Waals surface area (Å²) in [5.74, 6) is 0.0490. The lowest BCUT2D eigenvalue weighted by molar-refractivity contribution is 0.0952. The minimum Gasteiger partial charge on any atom is -0.369 e. The predicted molar refractivity (Wildman–Crippen MR) is 117 cm³/mol. The Morgan fingerprint density at radius 3 is 2.43 bits per heavy atom. The van der Waals surface area contributed by atoms with Gasteiger partial charge in [0.15, 0.2) is 0 Å². The molecule has 0 unspecified atom stereocenters. The molecule has 1 heterocycles. The Balaban J connectivity index is 1.33. The van der Waals surface area contributed by atoms with E-state index in [1.54, 1.807) is 0 Å². The summed E-state index contributed by atoms with van der Waals surface area (Å²) < 4.78 is 0. The highest BCUT2D eigenvalue weighted by atomic mass is 16.1. The maximum absolute atomic E-state index is 12.4. The number of rotatable bonds is 7. The summed E-state index contributed by atoms with van der Waals surface area (Å²) in [6.45, 7) is 12.4. The average molecular weight is 380 g/mol. The van der Waals surface area contributed by atoms with Gasteiger partial charge in [-0.2, -0.15) is 0 Å². The van der Waals surface area contributed by atoms with E-state index < -0.39 is 0 Å². The second-order valence-electron chi connectivity index (χ2n) is 7.95. The van der Waals surface area contributed by atoms with Gasteiger partial charge in [-0.05, 0) is 69.5 Å². The quantitative estimate of drug-likeness (QED) is 0.740. The fourth-order valence-corrected chi connectivity index (χ4v) is 3.79. The molecule has 0 saturated carbocycles. The Kier molecular flexibility index (Phi) is 7.10. The number of amides is 1. The number of carbonyl (C=O) groups excluding carboxylic acids is 1. The van der Waals surface area contributed by atoms with E-state index in [1.807, 2.05) is 32.0 Å². The molecule has 0 bridgehead atoms. The number of carbonyl (C=O) groups is 1. The normalized spacial score (nSPS) is 14.9. The zero-order valence-electron chi connectivity index (χ0n) is 17.5. The predicted octanol–water partition coefficient (Wildman–Crippen LogP) is 3.94. The Bertz CT molecular complexity index is 794. The van der Waals surface area contributed by atoms with E-state index in [0.717, 1.165) is 68.8 Å². The van der Waals surface area contributed by atoms with E-state index in [4.69, 9.17) is 0 Å². The van der Waals surface area contributed by atoms with Crippen molar-refractivity contribution in [3.8, 4) is 0 Å². The topological polar surface area (TPSA) is 35.6 Å². The number of nitrogens with zero attached hydrogens (tertiary/aromatic N) is 2. The zero-order valence-corrected chi connectivity index (χ0v) is 17.5. The number of piperazine rings is 1. The van der Waals surface area contributed by atoms with Gasteiger partial charge in [-0.1, -0.05) is 29.8 Å². The number of unbranched alkanes of at least 4 members (excludes halogenated alkanes) is 1. The van der Waals surface area contributed by atoms with Gasteiger partial charge in [0, 0.05) is 44.0 Å². The van der Waals surface area contributed by atoms with Crippen LogP contribution in [0.25, 0.3) is 0 Å². The number of anilines is 1. The van der Waals surface area contributed by atoms with Gasteiger partial charge in [0.05, 0.1) is 0 Å². The fraction of sp³-hybridized carbons (Fsp3) is 0.458. The third kappa shape index (κ3) is 5.59. The van der Waals surface area contributed by atoms with Crippen LogP contribution in [0.3, 0.4) is 0 Å². The van der Waals surface area contributed by atoms with Crippen molar-refractivity contribution >= 4 is 11.6 Å². The molecule has 1 N–H and O–H groups in total. The van der Waals surface area contributed by atoms with Crippen molar-refractivity contribution in [2.24, 2.45) is 0 Å². The standard InChI is InChI=1S/C24H33N3O/c1-19-7-6-8-22(17-19)27-15-13-26(14-16-27)12-5-4-11-25-24(28)23-18-20(2)9-10-21(23)3/h6-10,17-18H,4-5,11-16H2,1-3H3,(H,25,28). The molecule has 0 aromatic heterocycles. The van der Waals surface area contributed by atoms with Gasteiger partial charge in [0.25, 0.3) is 5.91 Å². The van der Waals surface area contributed by atoms with E-state index in [9.17, 15) is 4.79 Å². The van der Waals surface area contributed by atoms with Crippen molar-refractivity contribution in [2.45, 2.75) is 33.6 Å². The molecule has 4 heteroatoms. The smallest absolute Gasteiger partial charge is 0.251 e. The molecule has 1 amide bonds. The highest BCUT2D eigenvalue weighted by Gasteiger charge is 2.16. The monoisotopic (exact) mass is 379 g/mol. The third-order valence-corrected chi connectivity index (χ3v) is 5.56. The SMILES string of the molecule is Cc1cccc(N2CCN(CCCCNC(=O)c3cc(C)ccc3C)CC2)c1. The Morgan fingerprint density at radius 1 is 0.929 bits per heavy atom. The van der Waals surface area contributed by atoms with Crippen LogP contribution in [0, 0.1) is 20.8 Å². The number of aryl methyl sites for hydroxylation is 3. The number of benzene rings is 2. The van der Waals surface area contributed by atoms with Crippen LogP contribution in [0.2, 0.25) is 0 Å². The first kappa shape index (κ1) is 20.4. The number of hydrogen-bond donors (Lipinski definition) is 1. The highest BCUT2D eigenvalue weighted by Crippen LogP contribution is 2.18. The minimum absolute atomic E-state index is 0.0490. The summed E-state index contributed by atoms with van der Waals surface area (Å²) >= 11 is 0. The van der Waals surface area contributed by atoms with Crippen LogP contribution in [0.15, 0.2) is 42.5 Å². The van der Waals surface area contributed by atoms with Crippen LogP contribution in [0.1, 0.15) is 39.9 Å². The summed E-state index contributed by atoms with van der Waals surface area (Å²) in [5, 5.41) is 3.07. The van der Waals surface area contributed by atoms with E-state index in [-0.39, 0.29) is 5.91 Å². The van der Waals surface area contributed by atoms with Gasteiger partial charge in [-0.25, -0.2) is 0 Å². The van der Waals surface area contributed by atoms with Gasteiger partial charge in [0.2, 0.25) is 0 Å². The molecule has 1 saturated heterocycles. The largest absolute Gasteiger partial charge is 0.369 e. The van der Waals surface area contributed by atoms with Crippen LogP contribution in [0.4, 0.5) is 5.69 Å². The first-order valence-corrected chi connectivity index (χ1v) is 10.4. The van der Waals surface area contributed by atoms with Crippen LogP contribution in [-0.2, 0) is 0 Å². The summed E-state index contributed by atoms with van der Waals surface area (Å²) in [7, 11) is 0. The van der Waals surface area contributed by atoms with Crippen molar-refractivity contribution in [2.75, 3.05) is 44.2 Å². The molecule has 2 aromatic rings. The maximum Gasteiger partial charge on any atom is 0.251 e. The molecule has 0 radical (unpaired) electrons. The van der Waals surface area contributed by atoms with Crippen molar-refractivity contribution < 1.29 is 4.79 Å². The Hall–Kier alpha value is -2.33. The number of hydrogen-bond acceptors (Lipinski definition) is 3. The zero-order chi connectivity index (χ0) is 19.9. The third-order valence-electron chi connectivity index (χ3n) is 5.56. The molecule has 4 nitrogen and oxygen atoms in total. The molecular formula is C24H33N3O. The Labute approximate surface area is 169 Å². The second-order valence-corrected chi connectivity index (χ2v) is 7.95. The molecular weight excluding hydrogens is 346 g/mol. The molecule has 0 aliphatic carbocycles. The average Bonchev–Trinajstić information content (AvgIpc) is 2.70. The van der Waals surface area contributed by atoms with Crippen LogP contribution in [-0.4, -0.2) is 50.1 Å². The molecule has 0 atom stereocenters. The van der Waals surface area contributed by atoms with Gasteiger partial charge < -0.3 is 10.2 Å². The van der Waals surface area contributed by atoms with Gasteiger partial charge >= 0.3 is 0 Å². The second kappa shape index (κ2) is 9.74. The number of nitrogens with one attached hydrogen (secondary N) is 1. The lowest BCUT2D eigenvalue weighted by atomic mass is 10.1. The van der Waals surface area contributed by atoms with E-state index in [0.29, 0.717) is 0 Å². The van der Waals surface area contributed by atoms with Crippen LogP contribution >= 0.6 is 0 Å². The summed E-state index contributed by atoms with van der Waals surface area (Å²) in [5.41, 5.74) is 5.62. The summed E-state index contributed by atoms with van der Waals surface area (Å²) in [4.78, 5) is 17.4. The highest BCUT2D eigenvalue weighted by molar-refractivity contribution is 5.95. The van der Waals surface area contributed by atoms with Gasteiger partial charge in [-0.3, -0.25) is 9.69 Å². The molecule has 1 fully saturated rings. The van der Waals surface area contributed by atoms with E-state index >= 15 is 0 Å². The van der Waals surface area contributed by atoms with E-state index in [1.165, 1.54) is 11.3 Å². The van der Waals surface area contributed by atoms with Crippen molar-refractivity contribution in [1.29, 1.82) is 0 Å². The van der Waals surface area contributed by atoms with Crippen molar-refractivity contribution in [1.82, 2.24) is 10.2 Å². The summed E-state index contributed by atoms with van der Waals surface area (Å²) in [6.07, 6.45) is 2.15. The van der Waals surface area contributed by atoms with Crippen molar-refractivity contribution in [3.05, 3.63) is 64.7 Å². The van der Waals surface area contributed by atoms with Crippen LogP contribution in [0.5, 0.6) is 0 Å². The molecule has 0 spiro atoms. The van der Waals surface area contributed by atoms with Gasteiger partial charge in [0.1, 0.15) is 0 Å². The van der Waals surface area contributed by atoms with E-state index in [2.05, 4.69) is 46.3 Å². The summed E-state index contributed by atoms with van der Waals surface area (Å²) in [6, 6.07) is 14.8. The molecule has 1 aliphatic rings. The van der Waals surface area contributed by atoms with Crippen molar-refractivity contribution in [3.63, 3.8) is 0 Å². The molecule has 3 rings (SSSR count). The first-order chi connectivity index (χ1) is 13.5.